The van der Waals surface area contributed by atoms with Crippen LogP contribution in [0.3, 0.4) is 0 Å². The molecule has 2 aromatic rings. The van der Waals surface area contributed by atoms with Crippen molar-refractivity contribution in [3.8, 4) is 11.5 Å². The molecule has 7 heteroatoms. The normalized spacial score (nSPS) is 11.6. The Morgan fingerprint density at radius 2 is 1.74 bits per heavy atom. The van der Waals surface area contributed by atoms with Crippen molar-refractivity contribution in [1.82, 2.24) is 0 Å². The van der Waals surface area contributed by atoms with Gasteiger partial charge < -0.3 is 9.47 Å². The summed E-state index contributed by atoms with van der Waals surface area (Å²) in [6, 6.07) is 12.9. The summed E-state index contributed by atoms with van der Waals surface area (Å²) in [5.74, 6) is 0.419. The number of nitro benzene ring substituents is 1. The molecule has 0 saturated heterocycles. The van der Waals surface area contributed by atoms with Gasteiger partial charge in [0.1, 0.15) is 5.25 Å². The summed E-state index contributed by atoms with van der Waals surface area (Å²) in [5, 5.41) is 10.1. The second-order valence-electron chi connectivity index (χ2n) is 4.58. The Hall–Kier alpha value is -2.54. The average molecular weight is 333 g/mol. The van der Waals surface area contributed by atoms with E-state index in [1.165, 1.54) is 31.0 Å². The van der Waals surface area contributed by atoms with E-state index in [9.17, 15) is 14.9 Å². The van der Waals surface area contributed by atoms with Crippen molar-refractivity contribution in [2.45, 2.75) is 17.1 Å². The number of benzene rings is 2. The van der Waals surface area contributed by atoms with Crippen LogP contribution in [-0.4, -0.2) is 23.3 Å². The molecule has 0 spiro atoms. The van der Waals surface area contributed by atoms with Gasteiger partial charge in [0, 0.05) is 17.0 Å². The molecule has 0 aromatic heterocycles. The molecule has 0 aliphatic rings. The number of carbonyl (C=O) groups excluding carboxylic acids is 1. The highest BCUT2D eigenvalue weighted by molar-refractivity contribution is 8.00. The van der Waals surface area contributed by atoms with E-state index < -0.39 is 16.1 Å². The first-order valence-corrected chi connectivity index (χ1v) is 7.65. The molecule has 0 aliphatic carbocycles. The Balaban J connectivity index is 2.01. The number of hydrogen-bond donors (Lipinski definition) is 0. The van der Waals surface area contributed by atoms with Crippen molar-refractivity contribution in [2.24, 2.45) is 0 Å². The minimum absolute atomic E-state index is 0.0126. The lowest BCUT2D eigenvalue weighted by Gasteiger charge is -2.13. The number of para-hydroxylation sites is 2. The van der Waals surface area contributed by atoms with Gasteiger partial charge >= 0.3 is 5.97 Å². The zero-order valence-electron chi connectivity index (χ0n) is 12.6. The van der Waals surface area contributed by atoms with Crippen LogP contribution in [0.2, 0.25) is 0 Å². The van der Waals surface area contributed by atoms with Gasteiger partial charge in [-0.1, -0.05) is 12.1 Å². The second-order valence-corrected chi connectivity index (χ2v) is 6.00. The molecule has 2 aromatic carbocycles. The number of carbonyl (C=O) groups is 1. The predicted octanol–water partition coefficient (Wildman–Crippen LogP) is 3.69. The van der Waals surface area contributed by atoms with Crippen molar-refractivity contribution in [3.05, 3.63) is 58.6 Å². The molecular formula is C16H15NO5S. The van der Waals surface area contributed by atoms with Crippen molar-refractivity contribution in [1.29, 1.82) is 0 Å². The molecule has 0 radical (unpaired) electrons. The summed E-state index contributed by atoms with van der Waals surface area (Å²) in [7, 11) is 1.50. The Bertz CT molecular complexity index is 702. The first-order valence-electron chi connectivity index (χ1n) is 6.77. The van der Waals surface area contributed by atoms with Crippen LogP contribution in [0.5, 0.6) is 11.5 Å². The SMILES string of the molecule is COc1ccccc1OC(=O)C(C)Sc1ccc([N+](=O)[O-])cc1. The molecule has 2 rings (SSSR count). The quantitative estimate of drug-likeness (QED) is 0.264. The van der Waals surface area contributed by atoms with Gasteiger partial charge in [-0.2, -0.15) is 0 Å². The third-order valence-corrected chi connectivity index (χ3v) is 4.06. The van der Waals surface area contributed by atoms with Crippen LogP contribution in [0, 0.1) is 10.1 Å². The van der Waals surface area contributed by atoms with Gasteiger partial charge in [0.05, 0.1) is 12.0 Å². The molecule has 0 saturated carbocycles. The third kappa shape index (κ3) is 4.46. The highest BCUT2D eigenvalue weighted by Gasteiger charge is 2.19. The van der Waals surface area contributed by atoms with Gasteiger partial charge in [-0.3, -0.25) is 14.9 Å². The lowest BCUT2D eigenvalue weighted by Crippen LogP contribution is -2.20. The summed E-state index contributed by atoms with van der Waals surface area (Å²) in [5.41, 5.74) is 0.0126. The van der Waals surface area contributed by atoms with Crippen molar-refractivity contribution in [2.75, 3.05) is 7.11 Å². The van der Waals surface area contributed by atoms with E-state index in [-0.39, 0.29) is 5.69 Å². The number of hydrogen-bond acceptors (Lipinski definition) is 6. The average Bonchev–Trinajstić information content (AvgIpc) is 2.55. The monoisotopic (exact) mass is 333 g/mol. The minimum Gasteiger partial charge on any atom is -0.493 e. The predicted molar refractivity (Wildman–Crippen MR) is 87.0 cm³/mol. The fourth-order valence-corrected chi connectivity index (χ4v) is 2.64. The third-order valence-electron chi connectivity index (χ3n) is 2.97. The Kier molecular flexibility index (Phi) is 5.59. The smallest absolute Gasteiger partial charge is 0.324 e. The van der Waals surface area contributed by atoms with Crippen molar-refractivity contribution >= 4 is 23.4 Å². The summed E-state index contributed by atoms with van der Waals surface area (Å²) in [4.78, 5) is 23.1. The molecule has 23 heavy (non-hydrogen) atoms. The highest BCUT2D eigenvalue weighted by Crippen LogP contribution is 2.29. The Morgan fingerprint density at radius 1 is 1.13 bits per heavy atom. The molecule has 0 amide bonds. The number of rotatable bonds is 6. The number of esters is 1. The van der Waals surface area contributed by atoms with Crippen LogP contribution in [0.25, 0.3) is 0 Å². The van der Waals surface area contributed by atoms with E-state index >= 15 is 0 Å². The number of methoxy groups -OCH3 is 1. The first kappa shape index (κ1) is 16.8. The fraction of sp³-hybridized carbons (Fsp3) is 0.188. The zero-order valence-corrected chi connectivity index (χ0v) is 13.4. The van der Waals surface area contributed by atoms with E-state index in [0.29, 0.717) is 11.5 Å². The lowest BCUT2D eigenvalue weighted by molar-refractivity contribution is -0.384. The zero-order chi connectivity index (χ0) is 16.8. The van der Waals surface area contributed by atoms with E-state index in [1.54, 1.807) is 43.3 Å². The molecule has 0 heterocycles. The summed E-state index contributed by atoms with van der Waals surface area (Å²) >= 11 is 1.27. The van der Waals surface area contributed by atoms with Crippen LogP contribution in [0.4, 0.5) is 5.69 Å². The van der Waals surface area contributed by atoms with E-state index in [1.807, 2.05) is 0 Å². The molecule has 6 nitrogen and oxygen atoms in total. The molecule has 0 aliphatic heterocycles. The first-order chi connectivity index (χ1) is 11.0. The molecule has 1 atom stereocenters. The van der Waals surface area contributed by atoms with Crippen LogP contribution in [-0.2, 0) is 4.79 Å². The van der Waals surface area contributed by atoms with Crippen molar-refractivity contribution < 1.29 is 19.2 Å². The van der Waals surface area contributed by atoms with E-state index in [4.69, 9.17) is 9.47 Å². The maximum Gasteiger partial charge on any atom is 0.324 e. The summed E-state index contributed by atoms with van der Waals surface area (Å²) in [6.07, 6.45) is 0. The maximum absolute atomic E-state index is 12.2. The number of nitro groups is 1. The van der Waals surface area contributed by atoms with Gasteiger partial charge in [0.25, 0.3) is 5.69 Å². The largest absolute Gasteiger partial charge is 0.493 e. The Morgan fingerprint density at radius 3 is 2.30 bits per heavy atom. The van der Waals surface area contributed by atoms with Gasteiger partial charge in [0.2, 0.25) is 0 Å². The fourth-order valence-electron chi connectivity index (χ4n) is 1.79. The van der Waals surface area contributed by atoms with Crippen LogP contribution in [0.1, 0.15) is 6.92 Å². The van der Waals surface area contributed by atoms with Crippen LogP contribution < -0.4 is 9.47 Å². The van der Waals surface area contributed by atoms with Gasteiger partial charge in [-0.25, -0.2) is 0 Å². The highest BCUT2D eigenvalue weighted by atomic mass is 32.2. The van der Waals surface area contributed by atoms with Crippen LogP contribution >= 0.6 is 11.8 Å². The van der Waals surface area contributed by atoms with Gasteiger partial charge in [-0.05, 0) is 31.2 Å². The topological polar surface area (TPSA) is 78.7 Å². The number of nitrogens with zero attached hydrogens (tertiary/aromatic N) is 1. The lowest BCUT2D eigenvalue weighted by atomic mass is 10.3. The van der Waals surface area contributed by atoms with Gasteiger partial charge in [-0.15, -0.1) is 11.8 Å². The molecule has 0 bridgehead atoms. The minimum atomic E-state index is -0.471. The Labute approximate surface area is 137 Å². The molecule has 0 fully saturated rings. The number of thioether (sulfide) groups is 1. The van der Waals surface area contributed by atoms with Gasteiger partial charge in [0.15, 0.2) is 11.5 Å². The molecule has 0 N–H and O–H groups in total. The molecular weight excluding hydrogens is 318 g/mol. The van der Waals surface area contributed by atoms with E-state index in [0.717, 1.165) is 4.90 Å². The molecule has 120 valence electrons. The summed E-state index contributed by atoms with van der Waals surface area (Å²) < 4.78 is 10.5. The maximum atomic E-state index is 12.2. The van der Waals surface area contributed by atoms with E-state index in [2.05, 4.69) is 0 Å². The number of non-ortho nitro benzene ring substituents is 1. The van der Waals surface area contributed by atoms with Crippen LogP contribution in [0.15, 0.2) is 53.4 Å². The standard InChI is InChI=1S/C16H15NO5S/c1-11(23-13-9-7-12(8-10-13)17(19)20)16(18)22-15-6-4-3-5-14(15)21-2/h3-11H,1-2H3. The van der Waals surface area contributed by atoms with Crippen molar-refractivity contribution in [3.63, 3.8) is 0 Å². The number of ether oxygens (including phenoxy) is 2. The second kappa shape index (κ2) is 7.64. The summed E-state index contributed by atoms with van der Waals surface area (Å²) in [6.45, 7) is 1.71. The molecule has 1 unspecified atom stereocenters.